The van der Waals surface area contributed by atoms with E-state index in [9.17, 15) is 9.59 Å². The summed E-state index contributed by atoms with van der Waals surface area (Å²) in [7, 11) is 3.38. The number of hydrogen-bond donors (Lipinski definition) is 2. The van der Waals surface area contributed by atoms with Crippen molar-refractivity contribution in [1.82, 2.24) is 15.5 Å². The second kappa shape index (κ2) is 11.0. The van der Waals surface area contributed by atoms with E-state index in [0.717, 1.165) is 12.8 Å². The van der Waals surface area contributed by atoms with Gasteiger partial charge in [0.1, 0.15) is 0 Å². The lowest BCUT2D eigenvalue weighted by Crippen LogP contribution is -2.41. The summed E-state index contributed by atoms with van der Waals surface area (Å²) in [6, 6.07) is 0. The predicted octanol–water partition coefficient (Wildman–Crippen LogP) is -0.403. The topological polar surface area (TPSA) is 70.7 Å². The highest BCUT2D eigenvalue weighted by atomic mass is 16.5. The van der Waals surface area contributed by atoms with Gasteiger partial charge in [0.25, 0.3) is 0 Å². The second-order valence-electron chi connectivity index (χ2n) is 4.22. The van der Waals surface area contributed by atoms with Crippen LogP contribution in [0.1, 0.15) is 19.8 Å². The van der Waals surface area contributed by atoms with Crippen molar-refractivity contribution in [3.8, 4) is 0 Å². The van der Waals surface area contributed by atoms with Gasteiger partial charge in [-0.15, -0.1) is 0 Å². The summed E-state index contributed by atoms with van der Waals surface area (Å²) in [5.41, 5.74) is 0. The molecule has 0 spiro atoms. The first-order chi connectivity index (χ1) is 8.60. The predicted molar refractivity (Wildman–Crippen MR) is 70.3 cm³/mol. The molecule has 0 aliphatic carbocycles. The lowest BCUT2D eigenvalue weighted by Gasteiger charge is -2.15. The fraction of sp³-hybridized carbons (Fsp3) is 0.833. The van der Waals surface area contributed by atoms with Crippen molar-refractivity contribution >= 4 is 11.8 Å². The number of nitrogens with one attached hydrogen (secondary N) is 2. The number of amides is 2. The van der Waals surface area contributed by atoms with Crippen molar-refractivity contribution in [3.05, 3.63) is 0 Å². The van der Waals surface area contributed by atoms with Crippen LogP contribution < -0.4 is 10.6 Å². The van der Waals surface area contributed by atoms with Crippen LogP contribution >= 0.6 is 0 Å². The molecule has 0 bridgehead atoms. The van der Waals surface area contributed by atoms with Crippen LogP contribution in [0.5, 0.6) is 0 Å². The second-order valence-corrected chi connectivity index (χ2v) is 4.22. The maximum absolute atomic E-state index is 11.5. The molecule has 0 saturated carbocycles. The number of likely N-dealkylation sites (N-methyl/N-ethyl adjacent to an activating group) is 1. The Labute approximate surface area is 109 Å². The molecule has 0 heterocycles. The van der Waals surface area contributed by atoms with Gasteiger partial charge in [-0.05, 0) is 19.9 Å². The molecular formula is C12H25N3O3. The molecule has 6 heteroatoms. The summed E-state index contributed by atoms with van der Waals surface area (Å²) in [5, 5.41) is 5.54. The highest BCUT2D eigenvalue weighted by Crippen LogP contribution is 1.84. The maximum Gasteiger partial charge on any atom is 0.234 e. The van der Waals surface area contributed by atoms with Crippen LogP contribution in [0.15, 0.2) is 0 Å². The quantitative estimate of drug-likeness (QED) is 0.524. The van der Waals surface area contributed by atoms with E-state index >= 15 is 0 Å². The molecule has 0 aliphatic rings. The Morgan fingerprint density at radius 2 is 1.67 bits per heavy atom. The van der Waals surface area contributed by atoms with Crippen LogP contribution in [-0.4, -0.2) is 63.7 Å². The molecule has 0 aromatic carbocycles. The van der Waals surface area contributed by atoms with Gasteiger partial charge in [-0.3, -0.25) is 14.5 Å². The Morgan fingerprint density at radius 1 is 1.11 bits per heavy atom. The molecule has 2 amide bonds. The average Bonchev–Trinajstić information content (AvgIpc) is 2.31. The van der Waals surface area contributed by atoms with Crippen molar-refractivity contribution in [2.75, 3.05) is 46.9 Å². The standard InChI is InChI=1S/C12H25N3O3/c1-4-6-13-11(16)9-15(2)10-12(17)14-7-5-8-18-3/h4-10H2,1-3H3,(H,13,16)(H,14,17). The Morgan fingerprint density at radius 3 is 2.17 bits per heavy atom. The molecule has 0 aromatic heterocycles. The zero-order valence-corrected chi connectivity index (χ0v) is 11.6. The van der Waals surface area contributed by atoms with Gasteiger partial charge in [0.2, 0.25) is 11.8 Å². The molecule has 0 radical (unpaired) electrons. The van der Waals surface area contributed by atoms with Gasteiger partial charge < -0.3 is 15.4 Å². The van der Waals surface area contributed by atoms with E-state index < -0.39 is 0 Å². The Hall–Kier alpha value is -1.14. The molecule has 2 N–H and O–H groups in total. The minimum absolute atomic E-state index is 0.0495. The molecule has 0 saturated heterocycles. The molecule has 0 unspecified atom stereocenters. The molecule has 0 rings (SSSR count). The van der Waals surface area contributed by atoms with E-state index in [4.69, 9.17) is 4.74 Å². The van der Waals surface area contributed by atoms with Crippen LogP contribution in [0.4, 0.5) is 0 Å². The molecule has 6 nitrogen and oxygen atoms in total. The number of rotatable bonds is 10. The SMILES string of the molecule is CCCNC(=O)CN(C)CC(=O)NCCCOC. The highest BCUT2D eigenvalue weighted by molar-refractivity contribution is 5.81. The Bertz CT molecular complexity index is 247. The molecule has 0 aliphatic heterocycles. The first-order valence-electron chi connectivity index (χ1n) is 6.31. The fourth-order valence-electron chi connectivity index (χ4n) is 1.37. The smallest absolute Gasteiger partial charge is 0.234 e. The van der Waals surface area contributed by atoms with Gasteiger partial charge >= 0.3 is 0 Å². The number of carbonyl (C=O) groups is 2. The van der Waals surface area contributed by atoms with Crippen LogP contribution in [-0.2, 0) is 14.3 Å². The van der Waals surface area contributed by atoms with Crippen molar-refractivity contribution in [2.45, 2.75) is 19.8 Å². The zero-order chi connectivity index (χ0) is 13.8. The molecule has 18 heavy (non-hydrogen) atoms. The van der Waals surface area contributed by atoms with E-state index in [-0.39, 0.29) is 24.9 Å². The van der Waals surface area contributed by atoms with Gasteiger partial charge in [-0.2, -0.15) is 0 Å². The Kier molecular flexibility index (Phi) is 10.3. The first-order valence-corrected chi connectivity index (χ1v) is 6.31. The van der Waals surface area contributed by atoms with Gasteiger partial charge in [-0.1, -0.05) is 6.92 Å². The zero-order valence-electron chi connectivity index (χ0n) is 11.6. The highest BCUT2D eigenvalue weighted by Gasteiger charge is 2.09. The molecule has 0 fully saturated rings. The van der Waals surface area contributed by atoms with Crippen molar-refractivity contribution in [1.29, 1.82) is 0 Å². The maximum atomic E-state index is 11.5. The average molecular weight is 259 g/mol. The van der Waals surface area contributed by atoms with E-state index in [1.54, 1.807) is 19.1 Å². The van der Waals surface area contributed by atoms with Gasteiger partial charge in [0, 0.05) is 26.8 Å². The van der Waals surface area contributed by atoms with Gasteiger partial charge in [0.15, 0.2) is 0 Å². The number of carbonyl (C=O) groups excluding carboxylic acids is 2. The summed E-state index contributed by atoms with van der Waals surface area (Å²) in [5.74, 6) is -0.122. The summed E-state index contributed by atoms with van der Waals surface area (Å²) < 4.78 is 4.88. The van der Waals surface area contributed by atoms with Crippen molar-refractivity contribution in [3.63, 3.8) is 0 Å². The van der Waals surface area contributed by atoms with Gasteiger partial charge in [0.05, 0.1) is 13.1 Å². The third kappa shape index (κ3) is 10.0. The largest absolute Gasteiger partial charge is 0.385 e. The summed E-state index contributed by atoms with van der Waals surface area (Å²) in [6.45, 7) is 4.38. The molecule has 0 atom stereocenters. The normalized spacial score (nSPS) is 10.4. The van der Waals surface area contributed by atoms with E-state index in [0.29, 0.717) is 19.7 Å². The summed E-state index contributed by atoms with van der Waals surface area (Å²) in [4.78, 5) is 24.6. The van der Waals surface area contributed by atoms with E-state index in [2.05, 4.69) is 10.6 Å². The monoisotopic (exact) mass is 259 g/mol. The third-order valence-corrected chi connectivity index (χ3v) is 2.25. The van der Waals surface area contributed by atoms with Crippen molar-refractivity contribution < 1.29 is 14.3 Å². The van der Waals surface area contributed by atoms with Crippen molar-refractivity contribution in [2.24, 2.45) is 0 Å². The summed E-state index contributed by atoms with van der Waals surface area (Å²) in [6.07, 6.45) is 1.71. The number of hydrogen-bond acceptors (Lipinski definition) is 4. The van der Waals surface area contributed by atoms with Crippen LogP contribution in [0.25, 0.3) is 0 Å². The van der Waals surface area contributed by atoms with Crippen LogP contribution in [0.3, 0.4) is 0 Å². The van der Waals surface area contributed by atoms with Crippen LogP contribution in [0.2, 0.25) is 0 Å². The molecule has 106 valence electrons. The minimum Gasteiger partial charge on any atom is -0.385 e. The fourth-order valence-corrected chi connectivity index (χ4v) is 1.37. The van der Waals surface area contributed by atoms with Crippen LogP contribution in [0, 0.1) is 0 Å². The lowest BCUT2D eigenvalue weighted by atomic mass is 10.4. The van der Waals surface area contributed by atoms with Gasteiger partial charge in [-0.25, -0.2) is 0 Å². The lowest BCUT2D eigenvalue weighted by molar-refractivity contribution is -0.124. The van der Waals surface area contributed by atoms with E-state index in [1.807, 2.05) is 6.92 Å². The Balaban J connectivity index is 3.63. The number of nitrogens with zero attached hydrogens (tertiary/aromatic N) is 1. The minimum atomic E-state index is -0.0723. The summed E-state index contributed by atoms with van der Waals surface area (Å²) >= 11 is 0. The number of methoxy groups -OCH3 is 1. The third-order valence-electron chi connectivity index (χ3n) is 2.25. The molecule has 0 aromatic rings. The molecular weight excluding hydrogens is 234 g/mol. The first kappa shape index (κ1) is 16.9. The van der Waals surface area contributed by atoms with E-state index in [1.165, 1.54) is 0 Å². The number of ether oxygens (including phenoxy) is 1.